The van der Waals surface area contributed by atoms with Crippen molar-refractivity contribution in [3.63, 3.8) is 0 Å². The highest BCUT2D eigenvalue weighted by Crippen LogP contribution is 2.72. The molecule has 1 unspecified atom stereocenters. The average Bonchev–Trinajstić information content (AvgIpc) is 3.33. The Balaban J connectivity index is 1.55. The second-order valence-electron chi connectivity index (χ2n) is 12.9. The van der Waals surface area contributed by atoms with Gasteiger partial charge in [0.2, 0.25) is 5.88 Å². The van der Waals surface area contributed by atoms with Crippen LogP contribution in [-0.4, -0.2) is 51.1 Å². The number of fused-ring (bicyclic) bond motifs is 5. The number of aliphatic hydroxyl groups is 1. The number of Topliss-reactive ketones (excluding diaryl/α,β-unsaturated/α-hetero) is 1. The molecule has 0 aromatic carbocycles. The van der Waals surface area contributed by atoms with Crippen LogP contribution in [0, 0.1) is 34.5 Å². The number of ether oxygens (including phenoxy) is 3. The molecule has 38 heavy (non-hydrogen) atoms. The van der Waals surface area contributed by atoms with Crippen molar-refractivity contribution in [2.45, 2.75) is 78.0 Å². The maximum absolute atomic E-state index is 14.8. The number of hydrogen-bond acceptors (Lipinski definition) is 7. The number of rotatable bonds is 4. The van der Waals surface area contributed by atoms with Gasteiger partial charge in [0.25, 0.3) is 0 Å². The molecule has 5 aliphatic rings. The molecular formula is C30H37ClN2O5. The van der Waals surface area contributed by atoms with Crippen molar-refractivity contribution in [2.24, 2.45) is 34.5 Å². The van der Waals surface area contributed by atoms with Crippen molar-refractivity contribution in [1.82, 2.24) is 9.97 Å². The zero-order chi connectivity index (χ0) is 27.4. The molecule has 2 heterocycles. The number of nitrogens with zero attached hydrogens (tertiary/aromatic N) is 2. The lowest BCUT2D eigenvalue weighted by Crippen LogP contribution is -2.68. The highest BCUT2D eigenvalue weighted by molar-refractivity contribution is 6.30. The standard InChI is InChI=1S/C30H37ClN2O5/c1-8-9-18-25(31)32-14-33-26(18)37-23-15(2)12-29-16(3)10-20-21(27(20,4)5)19(22(29)34)11-17-13-36-28(6,7)38-24(17)30(23,29)35/h8,11-12,14,16,19-21,23-24,35H,1,9-10,13H2,2-7H3/t16-,19+,20-,21+,23+,24-,29?,30-/m1/s1. The van der Waals surface area contributed by atoms with Gasteiger partial charge in [0.05, 0.1) is 17.6 Å². The third-order valence-corrected chi connectivity index (χ3v) is 10.4. The number of carbonyl (C=O) groups is 1. The molecule has 0 amide bonds. The van der Waals surface area contributed by atoms with E-state index in [1.807, 2.05) is 26.8 Å². The molecule has 0 radical (unpaired) electrons. The fourth-order valence-electron chi connectivity index (χ4n) is 8.20. The van der Waals surface area contributed by atoms with Crippen LogP contribution in [-0.2, 0) is 20.7 Å². The molecule has 1 N–H and O–H groups in total. The Morgan fingerprint density at radius 2 is 2.03 bits per heavy atom. The Morgan fingerprint density at radius 3 is 2.74 bits per heavy atom. The number of halogens is 1. The van der Waals surface area contributed by atoms with E-state index in [1.54, 1.807) is 6.08 Å². The fourth-order valence-corrected chi connectivity index (χ4v) is 8.41. The molecule has 1 aromatic rings. The molecule has 2 saturated carbocycles. The van der Waals surface area contributed by atoms with Gasteiger partial charge in [-0.05, 0) is 67.9 Å². The summed E-state index contributed by atoms with van der Waals surface area (Å²) in [6.07, 6.45) is 6.62. The largest absolute Gasteiger partial charge is 0.466 e. The lowest BCUT2D eigenvalue weighted by atomic mass is 9.59. The molecule has 1 saturated heterocycles. The quantitative estimate of drug-likeness (QED) is 0.430. The predicted octanol–water partition coefficient (Wildman–Crippen LogP) is 4.87. The summed E-state index contributed by atoms with van der Waals surface area (Å²) in [5.41, 5.74) is -0.701. The first-order chi connectivity index (χ1) is 17.8. The Morgan fingerprint density at radius 1 is 1.29 bits per heavy atom. The normalized spacial score (nSPS) is 41.9. The smallest absolute Gasteiger partial charge is 0.222 e. The van der Waals surface area contributed by atoms with Crippen molar-refractivity contribution in [2.75, 3.05) is 6.61 Å². The minimum absolute atomic E-state index is 0.0476. The Hall–Kier alpha value is -2.06. The van der Waals surface area contributed by atoms with Crippen LogP contribution < -0.4 is 4.74 Å². The average molecular weight is 541 g/mol. The molecule has 204 valence electrons. The maximum Gasteiger partial charge on any atom is 0.222 e. The Kier molecular flexibility index (Phi) is 5.67. The van der Waals surface area contributed by atoms with E-state index in [9.17, 15) is 9.90 Å². The molecule has 4 aliphatic carbocycles. The van der Waals surface area contributed by atoms with E-state index in [4.69, 9.17) is 25.8 Å². The first kappa shape index (κ1) is 26.2. The maximum atomic E-state index is 14.8. The summed E-state index contributed by atoms with van der Waals surface area (Å²) in [5, 5.41) is 13.4. The molecule has 3 fully saturated rings. The summed E-state index contributed by atoms with van der Waals surface area (Å²) in [5.74, 6) is -0.474. The third kappa shape index (κ3) is 3.28. The zero-order valence-corrected chi connectivity index (χ0v) is 23.7. The highest BCUT2D eigenvalue weighted by atomic mass is 35.5. The molecular weight excluding hydrogens is 504 g/mol. The first-order valence-corrected chi connectivity index (χ1v) is 13.9. The summed E-state index contributed by atoms with van der Waals surface area (Å²) >= 11 is 6.41. The van der Waals surface area contributed by atoms with E-state index in [-0.39, 0.29) is 46.6 Å². The lowest BCUT2D eigenvalue weighted by Gasteiger charge is -2.52. The second-order valence-corrected chi connectivity index (χ2v) is 13.3. The molecule has 8 atom stereocenters. The summed E-state index contributed by atoms with van der Waals surface area (Å²) in [6, 6.07) is 0. The predicted molar refractivity (Wildman–Crippen MR) is 143 cm³/mol. The summed E-state index contributed by atoms with van der Waals surface area (Å²) in [6.45, 7) is 16.3. The third-order valence-electron chi connectivity index (χ3n) is 10.1. The van der Waals surface area contributed by atoms with Gasteiger partial charge in [0.1, 0.15) is 17.6 Å². The van der Waals surface area contributed by atoms with E-state index in [0.717, 1.165) is 17.6 Å². The monoisotopic (exact) mass is 540 g/mol. The topological polar surface area (TPSA) is 90.8 Å². The van der Waals surface area contributed by atoms with E-state index >= 15 is 0 Å². The van der Waals surface area contributed by atoms with Gasteiger partial charge < -0.3 is 19.3 Å². The van der Waals surface area contributed by atoms with E-state index in [2.05, 4.69) is 43.4 Å². The molecule has 1 aromatic heterocycles. The van der Waals surface area contributed by atoms with Crippen LogP contribution in [0.15, 0.2) is 42.3 Å². The SMILES string of the molecule is C=CCc1c(Cl)ncnc1O[C@H]1C(C)=CC23C(=O)[C@@H](C=C4COC(C)(C)O[C@H]4[C@]12O)[C@H]1[C@@H](C[C@H]3C)C1(C)C. The van der Waals surface area contributed by atoms with E-state index in [0.29, 0.717) is 17.9 Å². The highest BCUT2D eigenvalue weighted by Gasteiger charge is 2.77. The van der Waals surface area contributed by atoms with Crippen LogP contribution in [0.2, 0.25) is 5.15 Å². The van der Waals surface area contributed by atoms with Gasteiger partial charge in [0.15, 0.2) is 23.3 Å². The molecule has 1 aliphatic heterocycles. The lowest BCUT2D eigenvalue weighted by molar-refractivity contribution is -0.301. The molecule has 6 rings (SSSR count). The molecule has 8 heteroatoms. The van der Waals surface area contributed by atoms with Gasteiger partial charge in [-0.1, -0.05) is 50.6 Å². The Bertz CT molecular complexity index is 1290. The minimum Gasteiger partial charge on any atom is -0.466 e. The second kappa shape index (κ2) is 8.23. The van der Waals surface area contributed by atoms with Crippen molar-refractivity contribution in [3.8, 4) is 5.88 Å². The number of aromatic nitrogens is 2. The van der Waals surface area contributed by atoms with Crippen molar-refractivity contribution in [1.29, 1.82) is 0 Å². The van der Waals surface area contributed by atoms with E-state index < -0.39 is 29.0 Å². The number of allylic oxidation sites excluding steroid dienone is 2. The first-order valence-electron chi connectivity index (χ1n) is 13.5. The molecule has 7 nitrogen and oxygen atoms in total. The molecule has 2 bridgehead atoms. The van der Waals surface area contributed by atoms with Crippen LogP contribution in [0.1, 0.15) is 53.5 Å². The van der Waals surface area contributed by atoms with Gasteiger partial charge in [-0.15, -0.1) is 6.58 Å². The summed E-state index contributed by atoms with van der Waals surface area (Å²) < 4.78 is 19.2. The van der Waals surface area contributed by atoms with Gasteiger partial charge in [-0.3, -0.25) is 4.79 Å². The molecule has 1 spiro atoms. The van der Waals surface area contributed by atoms with Crippen LogP contribution in [0.25, 0.3) is 0 Å². The zero-order valence-electron chi connectivity index (χ0n) is 23.0. The minimum atomic E-state index is -1.72. The summed E-state index contributed by atoms with van der Waals surface area (Å²) in [7, 11) is 0. The van der Waals surface area contributed by atoms with Crippen LogP contribution in [0.3, 0.4) is 0 Å². The van der Waals surface area contributed by atoms with Gasteiger partial charge >= 0.3 is 0 Å². The number of hydrogen-bond donors (Lipinski definition) is 1. The van der Waals surface area contributed by atoms with Crippen molar-refractivity contribution < 1.29 is 24.1 Å². The Labute approximate surface area is 229 Å². The van der Waals surface area contributed by atoms with Crippen molar-refractivity contribution >= 4 is 17.4 Å². The van der Waals surface area contributed by atoms with Gasteiger partial charge in [-0.25, -0.2) is 9.97 Å². The van der Waals surface area contributed by atoms with E-state index in [1.165, 1.54) is 6.33 Å². The number of ketones is 1. The van der Waals surface area contributed by atoms with Gasteiger partial charge in [0, 0.05) is 5.92 Å². The number of carbonyl (C=O) groups excluding carboxylic acids is 1. The van der Waals surface area contributed by atoms with Crippen LogP contribution in [0.4, 0.5) is 0 Å². The van der Waals surface area contributed by atoms with Crippen molar-refractivity contribution in [3.05, 3.63) is 53.0 Å². The fraction of sp³-hybridized carbons (Fsp3) is 0.633. The summed E-state index contributed by atoms with van der Waals surface area (Å²) in [4.78, 5) is 23.3. The van der Waals surface area contributed by atoms with Crippen LogP contribution in [0.5, 0.6) is 5.88 Å². The van der Waals surface area contributed by atoms with Crippen LogP contribution >= 0.6 is 11.6 Å². The van der Waals surface area contributed by atoms with Gasteiger partial charge in [-0.2, -0.15) is 0 Å².